The summed E-state index contributed by atoms with van der Waals surface area (Å²) in [4.78, 5) is 2.85. The van der Waals surface area contributed by atoms with Gasteiger partial charge >= 0.3 is 0 Å². The van der Waals surface area contributed by atoms with Crippen LogP contribution < -0.4 is 0 Å². The minimum atomic E-state index is -0.723. The number of hydrogen-bond acceptors (Lipinski definition) is 3. The fourth-order valence-corrected chi connectivity index (χ4v) is 1.87. The van der Waals surface area contributed by atoms with E-state index in [1.807, 2.05) is 19.1 Å². The monoisotopic (exact) mass is 207 g/mol. The van der Waals surface area contributed by atoms with Gasteiger partial charge in [0.25, 0.3) is 0 Å². The third-order valence-electron chi connectivity index (χ3n) is 2.56. The Morgan fingerprint density at radius 3 is 3.00 bits per heavy atom. The average molecular weight is 207 g/mol. The zero-order valence-electron chi connectivity index (χ0n) is 8.64. The second kappa shape index (κ2) is 3.96. The number of rotatable bonds is 3. The maximum atomic E-state index is 8.52. The van der Waals surface area contributed by atoms with E-state index in [0.29, 0.717) is 13.0 Å². The van der Waals surface area contributed by atoms with E-state index in [0.717, 1.165) is 24.4 Å². The lowest BCUT2D eigenvalue weighted by Crippen LogP contribution is -2.26. The Bertz CT molecular complexity index is 387. The minimum absolute atomic E-state index is 0.519. The van der Waals surface area contributed by atoms with Crippen molar-refractivity contribution in [2.45, 2.75) is 31.9 Å². The molecule has 0 amide bonds. The highest BCUT2D eigenvalue weighted by Crippen LogP contribution is 2.31. The predicted molar refractivity (Wildman–Crippen MR) is 54.2 cm³/mol. The van der Waals surface area contributed by atoms with Crippen LogP contribution in [0.5, 0.6) is 0 Å². The van der Waals surface area contributed by atoms with Crippen molar-refractivity contribution in [3.05, 3.63) is 34.1 Å². The van der Waals surface area contributed by atoms with Crippen molar-refractivity contribution in [1.82, 2.24) is 0 Å². The van der Waals surface area contributed by atoms with Crippen LogP contribution in [0.2, 0.25) is 0 Å². The Morgan fingerprint density at radius 2 is 2.47 bits per heavy atom. The third kappa shape index (κ3) is 2.14. The maximum absolute atomic E-state index is 8.52. The second-order valence-corrected chi connectivity index (χ2v) is 3.78. The topological polar surface area (TPSA) is 71.1 Å². The summed E-state index contributed by atoms with van der Waals surface area (Å²) >= 11 is 0. The van der Waals surface area contributed by atoms with Crippen LogP contribution >= 0.6 is 0 Å². The van der Waals surface area contributed by atoms with Crippen molar-refractivity contribution >= 4 is 0 Å². The summed E-state index contributed by atoms with van der Waals surface area (Å²) in [5.74, 6) is 1.67. The van der Waals surface area contributed by atoms with Crippen LogP contribution in [0.1, 0.15) is 24.4 Å². The molecule has 0 saturated carbocycles. The number of aryl methyl sites for hydroxylation is 1. The summed E-state index contributed by atoms with van der Waals surface area (Å²) < 4.78 is 11.0. The zero-order valence-corrected chi connectivity index (χ0v) is 8.64. The molecule has 5 nitrogen and oxygen atoms in total. The second-order valence-electron chi connectivity index (χ2n) is 3.78. The number of furan rings is 1. The normalized spacial score (nSPS) is 25.1. The Hall–Kier alpha value is -1.45. The molecule has 0 aliphatic carbocycles. The van der Waals surface area contributed by atoms with Crippen molar-refractivity contribution in [2.75, 3.05) is 6.61 Å². The highest BCUT2D eigenvalue weighted by molar-refractivity contribution is 5.09. The molecule has 1 aliphatic heterocycles. The molecule has 0 radical (unpaired) electrons. The van der Waals surface area contributed by atoms with Crippen LogP contribution in [0.4, 0.5) is 0 Å². The van der Waals surface area contributed by atoms with Crippen LogP contribution in [0.25, 0.3) is 10.4 Å². The van der Waals surface area contributed by atoms with Gasteiger partial charge in [-0.3, -0.25) is 0 Å². The van der Waals surface area contributed by atoms with E-state index >= 15 is 0 Å². The fraction of sp³-hybridized carbons (Fsp3) is 0.600. The van der Waals surface area contributed by atoms with Gasteiger partial charge in [-0.1, -0.05) is 5.11 Å². The summed E-state index contributed by atoms with van der Waals surface area (Å²) in [6.45, 7) is 2.54. The molecule has 15 heavy (non-hydrogen) atoms. The van der Waals surface area contributed by atoms with Crippen LogP contribution in [0.3, 0.4) is 0 Å². The summed E-state index contributed by atoms with van der Waals surface area (Å²) in [5, 5.41) is 3.76. The lowest BCUT2D eigenvalue weighted by Gasteiger charge is -2.20. The smallest absolute Gasteiger partial charge is 0.154 e. The molecular formula is C10H13N3O2. The van der Waals surface area contributed by atoms with Crippen molar-refractivity contribution in [3.63, 3.8) is 0 Å². The van der Waals surface area contributed by atoms with Gasteiger partial charge in [0, 0.05) is 17.9 Å². The molecule has 1 unspecified atom stereocenters. The van der Waals surface area contributed by atoms with E-state index in [9.17, 15) is 0 Å². The molecule has 1 aromatic heterocycles. The van der Waals surface area contributed by atoms with Gasteiger partial charge in [-0.2, -0.15) is 0 Å². The van der Waals surface area contributed by atoms with Gasteiger partial charge in [0.1, 0.15) is 11.5 Å². The van der Waals surface area contributed by atoms with Gasteiger partial charge in [-0.25, -0.2) is 0 Å². The molecule has 80 valence electrons. The van der Waals surface area contributed by atoms with Crippen LogP contribution in [0, 0.1) is 6.92 Å². The average Bonchev–Trinajstić information content (AvgIpc) is 2.78. The molecule has 1 aromatic rings. The van der Waals surface area contributed by atoms with Crippen molar-refractivity contribution in [3.8, 4) is 0 Å². The number of azide groups is 1. The van der Waals surface area contributed by atoms with Crippen molar-refractivity contribution < 1.29 is 9.15 Å². The molecule has 2 heterocycles. The fourth-order valence-electron chi connectivity index (χ4n) is 1.87. The molecule has 0 N–H and O–H groups in total. The summed E-state index contributed by atoms with van der Waals surface area (Å²) in [6.07, 6.45) is 2.21. The summed E-state index contributed by atoms with van der Waals surface area (Å²) in [6, 6.07) is 3.79. The first-order valence-corrected chi connectivity index (χ1v) is 5.00. The predicted octanol–water partition coefficient (Wildman–Crippen LogP) is 2.95. The molecule has 0 spiro atoms. The van der Waals surface area contributed by atoms with Gasteiger partial charge in [-0.15, -0.1) is 0 Å². The van der Waals surface area contributed by atoms with E-state index in [2.05, 4.69) is 10.0 Å². The largest absolute Gasteiger partial charge is 0.466 e. The van der Waals surface area contributed by atoms with Crippen LogP contribution in [-0.2, 0) is 11.2 Å². The van der Waals surface area contributed by atoms with E-state index in [1.54, 1.807) is 0 Å². The molecule has 1 aliphatic rings. The number of nitrogens with zero attached hydrogens (tertiary/aromatic N) is 3. The lowest BCUT2D eigenvalue weighted by molar-refractivity contribution is 0.00660. The molecule has 1 fully saturated rings. The number of hydrogen-bond donors (Lipinski definition) is 0. The van der Waals surface area contributed by atoms with Gasteiger partial charge in [0.2, 0.25) is 0 Å². The quantitative estimate of drug-likeness (QED) is 0.434. The van der Waals surface area contributed by atoms with E-state index in [1.165, 1.54) is 0 Å². The van der Waals surface area contributed by atoms with E-state index in [-0.39, 0.29) is 0 Å². The van der Waals surface area contributed by atoms with Gasteiger partial charge in [-0.05, 0) is 37.4 Å². The SMILES string of the molecule is Cc1ccc(CC2(N=[N+]=[N-])CCCO2)o1. The zero-order chi connectivity index (χ0) is 10.7. The van der Waals surface area contributed by atoms with Gasteiger partial charge in [0.15, 0.2) is 5.72 Å². The first-order chi connectivity index (χ1) is 7.24. The van der Waals surface area contributed by atoms with E-state index in [4.69, 9.17) is 14.7 Å². The lowest BCUT2D eigenvalue weighted by atomic mass is 10.1. The maximum Gasteiger partial charge on any atom is 0.154 e. The molecule has 5 heteroatoms. The number of ether oxygens (including phenoxy) is 1. The molecular weight excluding hydrogens is 194 g/mol. The third-order valence-corrected chi connectivity index (χ3v) is 2.56. The molecule has 0 aromatic carbocycles. The molecule has 2 rings (SSSR count). The summed E-state index contributed by atoms with van der Waals surface area (Å²) in [5.41, 5.74) is 7.80. The molecule has 0 bridgehead atoms. The summed E-state index contributed by atoms with van der Waals surface area (Å²) in [7, 11) is 0. The Labute approximate surface area is 87.7 Å². The van der Waals surface area contributed by atoms with Gasteiger partial charge < -0.3 is 9.15 Å². The molecule has 1 atom stereocenters. The Balaban J connectivity index is 2.16. The standard InChI is InChI=1S/C10H13N3O2/c1-8-3-4-9(15-8)7-10(12-13-11)5-2-6-14-10/h3-4H,2,5-7H2,1H3. The Kier molecular flexibility index (Phi) is 2.66. The highest BCUT2D eigenvalue weighted by atomic mass is 16.5. The first kappa shape index (κ1) is 10.1. The first-order valence-electron chi connectivity index (χ1n) is 5.00. The van der Waals surface area contributed by atoms with Crippen LogP contribution in [0.15, 0.2) is 21.7 Å². The minimum Gasteiger partial charge on any atom is -0.466 e. The highest BCUT2D eigenvalue weighted by Gasteiger charge is 2.35. The molecule has 1 saturated heterocycles. The Morgan fingerprint density at radius 1 is 1.60 bits per heavy atom. The van der Waals surface area contributed by atoms with Crippen LogP contribution in [-0.4, -0.2) is 12.3 Å². The van der Waals surface area contributed by atoms with E-state index < -0.39 is 5.72 Å². The van der Waals surface area contributed by atoms with Crippen molar-refractivity contribution in [2.24, 2.45) is 5.11 Å². The van der Waals surface area contributed by atoms with Crippen molar-refractivity contribution in [1.29, 1.82) is 0 Å². The van der Waals surface area contributed by atoms with Gasteiger partial charge in [0.05, 0.1) is 0 Å².